The molecule has 1 heteroatoms. The lowest BCUT2D eigenvalue weighted by Crippen LogP contribution is -2.01. The van der Waals surface area contributed by atoms with Crippen LogP contribution in [-0.4, -0.2) is 0 Å². The van der Waals surface area contributed by atoms with Crippen molar-refractivity contribution in [1.29, 1.82) is 0 Å². The Morgan fingerprint density at radius 2 is 2.00 bits per heavy atom. The summed E-state index contributed by atoms with van der Waals surface area (Å²) in [6, 6.07) is 8.45. The van der Waals surface area contributed by atoms with Crippen LogP contribution in [0, 0.1) is 0 Å². The van der Waals surface area contributed by atoms with Crippen LogP contribution in [0.2, 0.25) is 0 Å². The molecule has 2 aromatic rings. The molecule has 2 rings (SSSR count). The van der Waals surface area contributed by atoms with E-state index in [1.807, 2.05) is 6.20 Å². The van der Waals surface area contributed by atoms with Crippen LogP contribution in [0.25, 0.3) is 10.8 Å². The molecule has 0 spiro atoms. The van der Waals surface area contributed by atoms with Gasteiger partial charge in [-0.2, -0.15) is 0 Å². The maximum atomic E-state index is 3.15. The molecule has 1 nitrogen and oxygen atoms in total. The number of aryl methyl sites for hydroxylation is 1. The normalized spacial score (nSPS) is 10.4. The minimum Gasteiger partial charge on any atom is -0.217 e. The summed E-state index contributed by atoms with van der Waals surface area (Å²) in [5.74, 6) is 0. The standard InChI is InChI=1S/C11H11N/c1-2-9-7-12-8-10-5-3-4-6-11(9)10/h3-8H,2H2,1H3/p+1. The van der Waals surface area contributed by atoms with E-state index in [0.29, 0.717) is 0 Å². The molecule has 1 N–H and O–H groups in total. The van der Waals surface area contributed by atoms with E-state index in [1.54, 1.807) is 0 Å². The van der Waals surface area contributed by atoms with Gasteiger partial charge in [0.15, 0.2) is 12.4 Å². The van der Waals surface area contributed by atoms with Crippen molar-refractivity contribution in [3.8, 4) is 0 Å². The molecule has 1 aromatic carbocycles. The molecule has 0 aliphatic carbocycles. The van der Waals surface area contributed by atoms with E-state index in [1.165, 1.54) is 16.3 Å². The second-order valence-corrected chi connectivity index (χ2v) is 2.92. The van der Waals surface area contributed by atoms with Gasteiger partial charge in [-0.15, -0.1) is 0 Å². The Kier molecular flexibility index (Phi) is 1.78. The van der Waals surface area contributed by atoms with Gasteiger partial charge in [-0.05, 0) is 17.9 Å². The Morgan fingerprint density at radius 1 is 1.17 bits per heavy atom. The molecule has 1 aromatic heterocycles. The Hall–Kier alpha value is -1.37. The highest BCUT2D eigenvalue weighted by molar-refractivity contribution is 5.83. The van der Waals surface area contributed by atoms with Crippen molar-refractivity contribution in [1.82, 2.24) is 0 Å². The van der Waals surface area contributed by atoms with Crippen LogP contribution in [0.4, 0.5) is 0 Å². The van der Waals surface area contributed by atoms with E-state index < -0.39 is 0 Å². The quantitative estimate of drug-likeness (QED) is 0.604. The molecule has 0 aliphatic heterocycles. The van der Waals surface area contributed by atoms with Gasteiger partial charge in [-0.25, -0.2) is 4.98 Å². The smallest absolute Gasteiger partial charge is 0.174 e. The largest absolute Gasteiger partial charge is 0.217 e. The lowest BCUT2D eigenvalue weighted by atomic mass is 10.1. The van der Waals surface area contributed by atoms with Crippen molar-refractivity contribution in [3.63, 3.8) is 0 Å². The summed E-state index contributed by atoms with van der Waals surface area (Å²) in [4.78, 5) is 3.15. The number of benzene rings is 1. The van der Waals surface area contributed by atoms with Crippen LogP contribution in [0.5, 0.6) is 0 Å². The predicted octanol–water partition coefficient (Wildman–Crippen LogP) is 2.22. The summed E-state index contributed by atoms with van der Waals surface area (Å²) >= 11 is 0. The molecule has 0 aliphatic rings. The number of hydrogen-bond acceptors (Lipinski definition) is 0. The van der Waals surface area contributed by atoms with Gasteiger partial charge in [0.1, 0.15) is 0 Å². The van der Waals surface area contributed by atoms with Crippen LogP contribution in [0.3, 0.4) is 0 Å². The Balaban J connectivity index is 2.79. The molecule has 1 heterocycles. The third-order valence-electron chi connectivity index (χ3n) is 2.18. The van der Waals surface area contributed by atoms with Gasteiger partial charge in [0.25, 0.3) is 0 Å². The summed E-state index contributed by atoms with van der Waals surface area (Å²) < 4.78 is 0. The van der Waals surface area contributed by atoms with E-state index in [-0.39, 0.29) is 0 Å². The van der Waals surface area contributed by atoms with Gasteiger partial charge >= 0.3 is 0 Å². The fourth-order valence-corrected chi connectivity index (χ4v) is 1.52. The minimum atomic E-state index is 1.08. The summed E-state index contributed by atoms with van der Waals surface area (Å²) in [6.45, 7) is 2.18. The van der Waals surface area contributed by atoms with Crippen molar-refractivity contribution >= 4 is 10.8 Å². The van der Waals surface area contributed by atoms with E-state index in [2.05, 4.69) is 42.4 Å². The molecule has 0 radical (unpaired) electrons. The molecule has 0 amide bonds. The Labute approximate surface area is 72.1 Å². The molecule has 60 valence electrons. The minimum absolute atomic E-state index is 1.08. The summed E-state index contributed by atoms with van der Waals surface area (Å²) in [5, 5.41) is 2.65. The Morgan fingerprint density at radius 3 is 2.83 bits per heavy atom. The number of aromatic amines is 1. The van der Waals surface area contributed by atoms with Gasteiger partial charge in [-0.3, -0.25) is 0 Å². The molecule has 0 atom stereocenters. The highest BCUT2D eigenvalue weighted by atomic mass is 14.6. The van der Waals surface area contributed by atoms with Gasteiger partial charge in [0.05, 0.1) is 0 Å². The third kappa shape index (κ3) is 1.07. The van der Waals surface area contributed by atoms with Gasteiger partial charge in [0, 0.05) is 10.9 Å². The lowest BCUT2D eigenvalue weighted by molar-refractivity contribution is -0.376. The van der Waals surface area contributed by atoms with E-state index in [9.17, 15) is 0 Å². The molecular formula is C11H12N+. The summed E-state index contributed by atoms with van der Waals surface area (Å²) in [7, 11) is 0. The summed E-state index contributed by atoms with van der Waals surface area (Å²) in [5.41, 5.74) is 1.38. The average Bonchev–Trinajstić information content (AvgIpc) is 2.17. The van der Waals surface area contributed by atoms with Crippen LogP contribution in [0.1, 0.15) is 12.5 Å². The zero-order chi connectivity index (χ0) is 8.39. The van der Waals surface area contributed by atoms with Crippen molar-refractivity contribution in [2.45, 2.75) is 13.3 Å². The van der Waals surface area contributed by atoms with Crippen molar-refractivity contribution in [2.75, 3.05) is 0 Å². The lowest BCUT2D eigenvalue weighted by Gasteiger charge is -1.97. The molecule has 0 saturated carbocycles. The average molecular weight is 158 g/mol. The number of aromatic nitrogens is 1. The maximum absolute atomic E-state index is 3.15. The molecular weight excluding hydrogens is 146 g/mol. The number of hydrogen-bond donors (Lipinski definition) is 0. The van der Waals surface area contributed by atoms with E-state index in [4.69, 9.17) is 0 Å². The van der Waals surface area contributed by atoms with Crippen LogP contribution >= 0.6 is 0 Å². The zero-order valence-electron chi connectivity index (χ0n) is 7.17. The highest BCUT2D eigenvalue weighted by Crippen LogP contribution is 2.15. The third-order valence-corrected chi connectivity index (χ3v) is 2.18. The van der Waals surface area contributed by atoms with Gasteiger partial charge in [-0.1, -0.05) is 25.1 Å². The van der Waals surface area contributed by atoms with E-state index >= 15 is 0 Å². The fraction of sp³-hybridized carbons (Fsp3) is 0.182. The Bertz CT molecular complexity index is 388. The van der Waals surface area contributed by atoms with Crippen LogP contribution < -0.4 is 4.98 Å². The number of rotatable bonds is 1. The molecule has 0 unspecified atom stereocenters. The van der Waals surface area contributed by atoms with Crippen LogP contribution in [0.15, 0.2) is 36.7 Å². The highest BCUT2D eigenvalue weighted by Gasteiger charge is 2.00. The topological polar surface area (TPSA) is 14.1 Å². The SMILES string of the molecule is CCc1c[nH+]cc2ccccc12. The van der Waals surface area contributed by atoms with Crippen molar-refractivity contribution < 1.29 is 4.98 Å². The second-order valence-electron chi connectivity index (χ2n) is 2.92. The first-order valence-corrected chi connectivity index (χ1v) is 4.29. The van der Waals surface area contributed by atoms with Crippen molar-refractivity contribution in [3.05, 3.63) is 42.2 Å². The van der Waals surface area contributed by atoms with Crippen molar-refractivity contribution in [2.24, 2.45) is 0 Å². The molecule has 0 saturated heterocycles. The molecule has 0 fully saturated rings. The number of fused-ring (bicyclic) bond motifs is 1. The second kappa shape index (κ2) is 2.94. The fourth-order valence-electron chi connectivity index (χ4n) is 1.52. The monoisotopic (exact) mass is 158 g/mol. The molecule has 12 heavy (non-hydrogen) atoms. The maximum Gasteiger partial charge on any atom is 0.174 e. The first kappa shape index (κ1) is 7.29. The number of pyridine rings is 1. The van der Waals surface area contributed by atoms with E-state index in [0.717, 1.165) is 6.42 Å². The first-order valence-electron chi connectivity index (χ1n) is 4.29. The zero-order valence-corrected chi connectivity index (χ0v) is 7.17. The number of H-pyrrole nitrogens is 1. The number of nitrogens with one attached hydrogen (secondary N) is 1. The van der Waals surface area contributed by atoms with Gasteiger partial charge < -0.3 is 0 Å². The first-order chi connectivity index (χ1) is 5.92. The predicted molar refractivity (Wildman–Crippen MR) is 49.9 cm³/mol. The molecule has 0 bridgehead atoms. The summed E-state index contributed by atoms with van der Waals surface area (Å²) in [6.07, 6.45) is 5.19. The van der Waals surface area contributed by atoms with Crippen LogP contribution in [-0.2, 0) is 6.42 Å². The van der Waals surface area contributed by atoms with Gasteiger partial charge in [0.2, 0.25) is 0 Å².